The van der Waals surface area contributed by atoms with Gasteiger partial charge in [-0.1, -0.05) is 13.8 Å². The van der Waals surface area contributed by atoms with E-state index < -0.39 is 0 Å². The number of amides is 1. The van der Waals surface area contributed by atoms with Crippen molar-refractivity contribution in [3.05, 3.63) is 30.0 Å². The van der Waals surface area contributed by atoms with Crippen LogP contribution >= 0.6 is 0 Å². The molecule has 1 atom stereocenters. The average Bonchev–Trinajstić information content (AvgIpc) is 2.96. The van der Waals surface area contributed by atoms with E-state index in [0.29, 0.717) is 18.3 Å². The van der Waals surface area contributed by atoms with Crippen LogP contribution in [0.4, 0.5) is 0 Å². The first-order valence-corrected chi connectivity index (χ1v) is 8.98. The van der Waals surface area contributed by atoms with E-state index in [4.69, 9.17) is 4.74 Å². The Hall–Kier alpha value is -1.97. The van der Waals surface area contributed by atoms with E-state index in [0.717, 1.165) is 41.7 Å². The summed E-state index contributed by atoms with van der Waals surface area (Å²) in [4.78, 5) is 18.1. The highest BCUT2D eigenvalue weighted by Crippen LogP contribution is 2.26. The summed E-state index contributed by atoms with van der Waals surface area (Å²) in [6.07, 6.45) is 6.02. The highest BCUT2D eigenvalue weighted by Gasteiger charge is 2.24. The number of aromatic amines is 1. The van der Waals surface area contributed by atoms with Crippen molar-refractivity contribution < 1.29 is 9.53 Å². The van der Waals surface area contributed by atoms with Gasteiger partial charge in [0, 0.05) is 30.2 Å². The minimum absolute atomic E-state index is 0.243. The van der Waals surface area contributed by atoms with Crippen molar-refractivity contribution >= 4 is 16.8 Å². The third kappa shape index (κ3) is 3.74. The number of rotatable bonds is 5. The minimum atomic E-state index is 0.243. The lowest BCUT2D eigenvalue weighted by Crippen LogP contribution is -2.41. The van der Waals surface area contributed by atoms with Crippen molar-refractivity contribution in [1.82, 2.24) is 9.88 Å². The quantitative estimate of drug-likeness (QED) is 0.901. The Kier molecular flexibility index (Phi) is 5.12. The third-order valence-corrected chi connectivity index (χ3v) is 4.99. The third-order valence-electron chi connectivity index (χ3n) is 4.99. The molecule has 4 nitrogen and oxygen atoms in total. The van der Waals surface area contributed by atoms with Crippen molar-refractivity contribution in [2.24, 2.45) is 11.8 Å². The van der Waals surface area contributed by atoms with Gasteiger partial charge in [0.1, 0.15) is 5.75 Å². The molecule has 1 saturated heterocycles. The van der Waals surface area contributed by atoms with E-state index in [1.807, 2.05) is 24.4 Å². The summed E-state index contributed by atoms with van der Waals surface area (Å²) >= 11 is 0. The van der Waals surface area contributed by atoms with E-state index >= 15 is 0 Å². The molecule has 0 unspecified atom stereocenters. The fourth-order valence-electron chi connectivity index (χ4n) is 3.86. The molecular formula is C20H28N2O2. The summed E-state index contributed by atoms with van der Waals surface area (Å²) in [5, 5.41) is 1.08. The zero-order valence-corrected chi connectivity index (χ0v) is 15.0. The first-order chi connectivity index (χ1) is 11.6. The Morgan fingerprint density at radius 3 is 3.00 bits per heavy atom. The molecule has 2 aromatic rings. The fourth-order valence-corrected chi connectivity index (χ4v) is 3.86. The lowest BCUT2D eigenvalue weighted by atomic mass is 9.89. The van der Waals surface area contributed by atoms with Gasteiger partial charge < -0.3 is 14.6 Å². The number of fused-ring (bicyclic) bond motifs is 1. The number of nitrogens with zero attached hydrogens (tertiary/aromatic N) is 1. The van der Waals surface area contributed by atoms with Crippen molar-refractivity contribution in [1.29, 1.82) is 0 Å². The summed E-state index contributed by atoms with van der Waals surface area (Å²) < 4.78 is 5.31. The van der Waals surface area contributed by atoms with Crippen LogP contribution in [0, 0.1) is 11.8 Å². The molecule has 24 heavy (non-hydrogen) atoms. The van der Waals surface area contributed by atoms with Gasteiger partial charge in [-0.15, -0.1) is 0 Å². The largest absolute Gasteiger partial charge is 0.497 e. The monoisotopic (exact) mass is 328 g/mol. The normalized spacial score (nSPS) is 18.3. The van der Waals surface area contributed by atoms with Gasteiger partial charge in [0.25, 0.3) is 0 Å². The standard InChI is InChI=1S/C20H28N2O2/c1-14(2)9-15-5-4-8-22(13-15)20(23)10-16-12-21-19-7-6-17(24-3)11-18(16)19/h6-7,11-12,14-15,21H,4-5,8-10,13H2,1-3H3/t15-/m0/s1. The van der Waals surface area contributed by atoms with Gasteiger partial charge in [-0.3, -0.25) is 4.79 Å². The maximum atomic E-state index is 12.8. The molecule has 4 heteroatoms. The average molecular weight is 328 g/mol. The second kappa shape index (κ2) is 7.29. The molecule has 130 valence electrons. The van der Waals surface area contributed by atoms with Gasteiger partial charge in [0.15, 0.2) is 0 Å². The van der Waals surface area contributed by atoms with Crippen LogP contribution in [0.15, 0.2) is 24.4 Å². The molecule has 1 aliphatic heterocycles. The number of carbonyl (C=O) groups is 1. The first kappa shape index (κ1) is 16.9. The Labute approximate surface area is 144 Å². The zero-order chi connectivity index (χ0) is 17.1. The second-order valence-electron chi connectivity index (χ2n) is 7.38. The lowest BCUT2D eigenvalue weighted by Gasteiger charge is -2.33. The number of methoxy groups -OCH3 is 1. The molecule has 1 aromatic heterocycles. The number of carbonyl (C=O) groups excluding carboxylic acids is 1. The Balaban J connectivity index is 1.70. The number of likely N-dealkylation sites (tertiary alicyclic amines) is 1. The Morgan fingerprint density at radius 1 is 1.42 bits per heavy atom. The highest BCUT2D eigenvalue weighted by molar-refractivity contribution is 5.89. The predicted octanol–water partition coefficient (Wildman–Crippen LogP) is 4.00. The molecule has 0 radical (unpaired) electrons. The summed E-state index contributed by atoms with van der Waals surface area (Å²) in [7, 11) is 1.67. The smallest absolute Gasteiger partial charge is 0.227 e. The number of hydrogen-bond donors (Lipinski definition) is 1. The molecule has 0 bridgehead atoms. The maximum absolute atomic E-state index is 12.8. The molecule has 3 rings (SSSR count). The SMILES string of the molecule is COc1ccc2[nH]cc(CC(=O)N3CCC[C@@H](CC(C)C)C3)c2c1. The van der Waals surface area contributed by atoms with Crippen LogP contribution in [0.1, 0.15) is 38.7 Å². The maximum Gasteiger partial charge on any atom is 0.227 e. The molecule has 0 spiro atoms. The number of ether oxygens (including phenoxy) is 1. The van der Waals surface area contributed by atoms with Gasteiger partial charge in [0.05, 0.1) is 13.5 Å². The number of piperidine rings is 1. The predicted molar refractivity (Wildman–Crippen MR) is 97.3 cm³/mol. The Morgan fingerprint density at radius 2 is 2.25 bits per heavy atom. The van der Waals surface area contributed by atoms with Crippen LogP contribution in [0.3, 0.4) is 0 Å². The van der Waals surface area contributed by atoms with Gasteiger partial charge in [-0.2, -0.15) is 0 Å². The summed E-state index contributed by atoms with van der Waals surface area (Å²) in [5.41, 5.74) is 2.11. The van der Waals surface area contributed by atoms with E-state index in [-0.39, 0.29) is 5.91 Å². The number of hydrogen-bond acceptors (Lipinski definition) is 2. The van der Waals surface area contributed by atoms with Crippen LogP contribution in [0.5, 0.6) is 5.75 Å². The second-order valence-corrected chi connectivity index (χ2v) is 7.38. The molecule has 1 aliphatic rings. The van der Waals surface area contributed by atoms with Gasteiger partial charge in [-0.05, 0) is 54.9 Å². The van der Waals surface area contributed by atoms with Gasteiger partial charge >= 0.3 is 0 Å². The topological polar surface area (TPSA) is 45.3 Å². The van der Waals surface area contributed by atoms with Crippen molar-refractivity contribution in [3.8, 4) is 5.75 Å². The Bertz CT molecular complexity index is 705. The zero-order valence-electron chi connectivity index (χ0n) is 15.0. The van der Waals surface area contributed by atoms with Crippen LogP contribution in [-0.2, 0) is 11.2 Å². The van der Waals surface area contributed by atoms with E-state index in [9.17, 15) is 4.79 Å². The number of H-pyrrole nitrogens is 1. The molecular weight excluding hydrogens is 300 g/mol. The van der Waals surface area contributed by atoms with Crippen LogP contribution in [0.2, 0.25) is 0 Å². The van der Waals surface area contributed by atoms with Gasteiger partial charge in [0.2, 0.25) is 5.91 Å². The molecule has 2 heterocycles. The number of benzene rings is 1. The minimum Gasteiger partial charge on any atom is -0.497 e. The number of aromatic nitrogens is 1. The highest BCUT2D eigenvalue weighted by atomic mass is 16.5. The molecule has 1 aromatic carbocycles. The van der Waals surface area contributed by atoms with E-state index in [1.165, 1.54) is 12.8 Å². The molecule has 1 N–H and O–H groups in total. The van der Waals surface area contributed by atoms with Crippen molar-refractivity contribution in [2.45, 2.75) is 39.5 Å². The summed E-state index contributed by atoms with van der Waals surface area (Å²) in [6.45, 7) is 6.35. The molecule has 1 amide bonds. The summed E-state index contributed by atoms with van der Waals surface area (Å²) in [5.74, 6) is 2.43. The molecule has 1 fully saturated rings. The van der Waals surface area contributed by atoms with Crippen LogP contribution < -0.4 is 4.74 Å². The van der Waals surface area contributed by atoms with E-state index in [1.54, 1.807) is 7.11 Å². The van der Waals surface area contributed by atoms with Crippen LogP contribution in [-0.4, -0.2) is 36.0 Å². The summed E-state index contributed by atoms with van der Waals surface area (Å²) in [6, 6.07) is 5.94. The van der Waals surface area contributed by atoms with Crippen LogP contribution in [0.25, 0.3) is 10.9 Å². The lowest BCUT2D eigenvalue weighted by molar-refractivity contribution is -0.132. The van der Waals surface area contributed by atoms with E-state index in [2.05, 4.69) is 23.7 Å². The molecule has 0 aliphatic carbocycles. The fraction of sp³-hybridized carbons (Fsp3) is 0.550. The van der Waals surface area contributed by atoms with Gasteiger partial charge in [-0.25, -0.2) is 0 Å². The number of nitrogens with one attached hydrogen (secondary N) is 1. The van der Waals surface area contributed by atoms with Crippen molar-refractivity contribution in [3.63, 3.8) is 0 Å². The molecule has 0 saturated carbocycles. The first-order valence-electron chi connectivity index (χ1n) is 8.98. The van der Waals surface area contributed by atoms with Crippen molar-refractivity contribution in [2.75, 3.05) is 20.2 Å².